The highest BCUT2D eigenvalue weighted by molar-refractivity contribution is 9.10. The number of aromatic nitrogens is 10. The van der Waals surface area contributed by atoms with Crippen LogP contribution in [0.4, 0.5) is 50.4 Å². The minimum absolute atomic E-state index is 0.0881. The van der Waals surface area contributed by atoms with Crippen molar-refractivity contribution in [1.29, 1.82) is 0 Å². The number of fused-ring (bicyclic) bond motifs is 2. The molecule has 0 aliphatic carbocycles. The first-order valence-corrected chi connectivity index (χ1v) is 37.7. The molecule has 0 spiro atoms. The number of likely N-dealkylation sites (tertiary alicyclic amines) is 4. The number of carbonyl (C=O) groups is 6. The zero-order chi connectivity index (χ0) is 75.1. The van der Waals surface area contributed by atoms with Crippen molar-refractivity contribution in [2.45, 2.75) is 233 Å². The topological polar surface area (TPSA) is 281 Å². The van der Waals surface area contributed by atoms with Gasteiger partial charge in [-0.25, -0.2) is 48.5 Å². The van der Waals surface area contributed by atoms with Gasteiger partial charge in [-0.1, -0.05) is 0 Å². The molecule has 560 valence electrons. The number of piperidine rings is 4. The summed E-state index contributed by atoms with van der Waals surface area (Å²) in [6.07, 6.45) is 10.5. The Morgan fingerprint density at radius 1 is 0.437 bits per heavy atom. The van der Waals surface area contributed by atoms with Crippen LogP contribution in [0.2, 0.25) is 0 Å². The van der Waals surface area contributed by atoms with Gasteiger partial charge in [0, 0.05) is 113 Å². The van der Waals surface area contributed by atoms with Crippen LogP contribution in [0.1, 0.15) is 222 Å². The number of aryl methyl sites for hydroxylation is 1. The van der Waals surface area contributed by atoms with E-state index in [0.29, 0.717) is 108 Å². The van der Waals surface area contributed by atoms with Gasteiger partial charge < -0.3 is 48.0 Å². The average molecular weight is 1530 g/mol. The minimum Gasteiger partial charge on any atom is -0.444 e. The first kappa shape index (κ1) is 77.4. The molecule has 4 fully saturated rings. The fourth-order valence-corrected chi connectivity index (χ4v) is 14.6. The van der Waals surface area contributed by atoms with Crippen molar-refractivity contribution in [3.05, 3.63) is 76.3 Å². The maximum absolute atomic E-state index is 14.3. The van der Waals surface area contributed by atoms with Gasteiger partial charge in [-0.3, -0.25) is 4.68 Å². The number of hydrogen-bond donors (Lipinski definition) is 0. The van der Waals surface area contributed by atoms with E-state index in [-0.39, 0.29) is 48.0 Å². The lowest BCUT2D eigenvalue weighted by atomic mass is 9.94. The Kier molecular flexibility index (Phi) is 22.9. The van der Waals surface area contributed by atoms with Gasteiger partial charge in [0.05, 0.1) is 45.8 Å². The zero-order valence-electron chi connectivity index (χ0n) is 63.0. The van der Waals surface area contributed by atoms with E-state index in [1.807, 2.05) is 162 Å². The van der Waals surface area contributed by atoms with Gasteiger partial charge in [-0.15, -0.1) is 0 Å². The van der Waals surface area contributed by atoms with Crippen molar-refractivity contribution in [3.8, 4) is 11.1 Å². The molecule has 4 aliphatic heterocycles. The monoisotopic (exact) mass is 1520 g/mol. The molecule has 7 aromatic heterocycles. The van der Waals surface area contributed by atoms with Crippen LogP contribution >= 0.6 is 39.0 Å². The standard InChI is InChI=1S/C38H53N9O6S.C34H48BrN7O6S/c1-36(2,3)51-33(48)44-16-13-24(14-17-44)29-19-31(54-42-29)46(35(50)53-38(7,8)9)30-18-28(25-12-11-15-45(23-25)34(49)52-37(4,5)6)41-32-27(21-40-47(30)32)26-20-39-43(10)22-26;1-32(2,3)46-29(43)39-15-12-21(13-16-39)25-18-27(49-38-25)41(31(45)48-34(7,8)9)26-17-24(37-28-23(35)19-36-42(26)28)22-11-10-14-40(20-22)30(44)47-33(4,5)6/h18-22,24-25H,11-17,23H2,1-10H3;17-19,21-22H,10-16,20H2,1-9H3. The molecular formula is C72H101BrN16O12S2. The number of hydrogen-bond acceptors (Lipinski definition) is 21. The summed E-state index contributed by atoms with van der Waals surface area (Å²) in [7, 11) is 1.85. The van der Waals surface area contributed by atoms with Crippen LogP contribution in [0, 0.1) is 0 Å². The first-order valence-electron chi connectivity index (χ1n) is 35.4. The number of amides is 6. The Balaban J connectivity index is 0.000000223. The number of carbonyl (C=O) groups excluding carboxylic acids is 6. The summed E-state index contributed by atoms with van der Waals surface area (Å²) < 4.78 is 49.8. The van der Waals surface area contributed by atoms with Crippen molar-refractivity contribution in [1.82, 2.24) is 67.3 Å². The maximum Gasteiger partial charge on any atom is 0.421 e. The molecule has 0 N–H and O–H groups in total. The molecule has 0 bridgehead atoms. The second-order valence-corrected chi connectivity index (χ2v) is 35.2. The zero-order valence-corrected chi connectivity index (χ0v) is 66.2. The highest BCUT2D eigenvalue weighted by Crippen LogP contribution is 2.43. The molecule has 31 heteroatoms. The highest BCUT2D eigenvalue weighted by atomic mass is 79.9. The molecule has 7 aromatic rings. The van der Waals surface area contributed by atoms with Crippen LogP contribution in [0.5, 0.6) is 0 Å². The lowest BCUT2D eigenvalue weighted by Gasteiger charge is -2.34. The molecule has 6 amide bonds. The number of nitrogens with zero attached hydrogens (tertiary/aromatic N) is 16. The van der Waals surface area contributed by atoms with E-state index in [4.69, 9.17) is 52.2 Å². The van der Waals surface area contributed by atoms with Crippen molar-refractivity contribution < 1.29 is 57.2 Å². The minimum atomic E-state index is -0.797. The fraction of sp³-hybridized carbons (Fsp3) is 0.625. The fourth-order valence-electron chi connectivity index (χ4n) is 12.6. The molecule has 0 saturated carbocycles. The van der Waals surface area contributed by atoms with E-state index in [1.165, 1.54) is 32.9 Å². The van der Waals surface area contributed by atoms with Gasteiger partial charge in [-0.05, 0) is 227 Å². The average Bonchev–Trinajstić information content (AvgIpc) is 1.68. The van der Waals surface area contributed by atoms with Crippen molar-refractivity contribution in [2.24, 2.45) is 7.05 Å². The van der Waals surface area contributed by atoms with Gasteiger partial charge in [-0.2, -0.15) is 33.1 Å². The van der Waals surface area contributed by atoms with E-state index in [1.54, 1.807) is 51.9 Å². The summed E-state index contributed by atoms with van der Waals surface area (Å²) in [5.74, 6) is 0.842. The number of anilines is 4. The van der Waals surface area contributed by atoms with E-state index in [2.05, 4.69) is 26.1 Å². The molecule has 0 aromatic carbocycles. The Morgan fingerprint density at radius 2 is 0.806 bits per heavy atom. The van der Waals surface area contributed by atoms with Crippen LogP contribution in [-0.2, 0) is 35.5 Å². The summed E-state index contributed by atoms with van der Waals surface area (Å²) in [5.41, 5.74) is 1.86. The predicted octanol–water partition coefficient (Wildman–Crippen LogP) is 16.1. The molecule has 11 rings (SSSR count). The summed E-state index contributed by atoms with van der Waals surface area (Å²) in [4.78, 5) is 100. The normalized spacial score (nSPS) is 17.7. The molecule has 103 heavy (non-hydrogen) atoms. The van der Waals surface area contributed by atoms with Crippen LogP contribution in [0.25, 0.3) is 22.4 Å². The van der Waals surface area contributed by atoms with E-state index in [9.17, 15) is 28.8 Å². The van der Waals surface area contributed by atoms with Crippen LogP contribution in [-0.4, -0.2) is 190 Å². The molecule has 4 aliphatic rings. The van der Waals surface area contributed by atoms with Crippen LogP contribution in [0.15, 0.2) is 53.5 Å². The van der Waals surface area contributed by atoms with Gasteiger partial charge >= 0.3 is 36.6 Å². The van der Waals surface area contributed by atoms with Crippen molar-refractivity contribution in [2.75, 3.05) is 62.2 Å². The molecule has 0 radical (unpaired) electrons. The summed E-state index contributed by atoms with van der Waals surface area (Å²) in [5, 5.41) is 14.8. The second kappa shape index (κ2) is 30.5. The van der Waals surface area contributed by atoms with Crippen LogP contribution in [0.3, 0.4) is 0 Å². The van der Waals surface area contributed by atoms with E-state index < -0.39 is 45.8 Å². The first-order chi connectivity index (χ1) is 48.0. The van der Waals surface area contributed by atoms with E-state index in [0.717, 1.165) is 66.7 Å². The van der Waals surface area contributed by atoms with Crippen molar-refractivity contribution in [3.63, 3.8) is 0 Å². The Bertz CT molecular complexity index is 4200. The van der Waals surface area contributed by atoms with Gasteiger partial charge in [0.2, 0.25) is 0 Å². The van der Waals surface area contributed by atoms with Crippen LogP contribution < -0.4 is 9.80 Å². The molecular weight excluding hydrogens is 1420 g/mol. The summed E-state index contributed by atoms with van der Waals surface area (Å²) in [6.45, 7) is 37.5. The number of rotatable bonds is 9. The molecule has 4 saturated heterocycles. The Hall–Kier alpha value is -8.19. The maximum atomic E-state index is 14.3. The third-order valence-electron chi connectivity index (χ3n) is 17.1. The Morgan fingerprint density at radius 3 is 1.18 bits per heavy atom. The lowest BCUT2D eigenvalue weighted by molar-refractivity contribution is 0.0187. The molecule has 11 heterocycles. The quantitative estimate of drug-likeness (QED) is 0.121. The molecule has 2 atom stereocenters. The number of ether oxygens (including phenoxy) is 6. The SMILES string of the molecule is CC(C)(C)OC(=O)N1CCC(c2cc(N(C(=O)OC(C)(C)C)c3cc(C4CCCN(C(=O)OC(C)(C)C)C4)nc4c(Br)cnn34)sn2)CC1.Cn1cc(-c2cnn3c(N(C(=O)OC(C)(C)C)c4cc(C5CCN(C(=O)OC(C)(C)C)CC5)ns4)cc(C4CCCN(C(=O)OC(C)(C)C)C4)nc23)cn1. The molecule has 28 nitrogen and oxygen atoms in total. The summed E-state index contributed by atoms with van der Waals surface area (Å²) in [6, 6.07) is 7.60. The predicted molar refractivity (Wildman–Crippen MR) is 396 cm³/mol. The van der Waals surface area contributed by atoms with Gasteiger partial charge in [0.25, 0.3) is 0 Å². The third-order valence-corrected chi connectivity index (χ3v) is 19.3. The van der Waals surface area contributed by atoms with Gasteiger partial charge in [0.1, 0.15) is 55.2 Å². The molecule has 2 unspecified atom stereocenters. The smallest absolute Gasteiger partial charge is 0.421 e. The van der Waals surface area contributed by atoms with Crippen molar-refractivity contribution >= 4 is 108 Å². The Labute approximate surface area is 619 Å². The second-order valence-electron chi connectivity index (χ2n) is 32.8. The van der Waals surface area contributed by atoms with E-state index >= 15 is 0 Å². The van der Waals surface area contributed by atoms with Gasteiger partial charge in [0.15, 0.2) is 11.3 Å². The highest BCUT2D eigenvalue weighted by Gasteiger charge is 2.39. The number of halogens is 1. The lowest BCUT2D eigenvalue weighted by Crippen LogP contribution is -2.42. The largest absolute Gasteiger partial charge is 0.444 e. The third kappa shape index (κ3) is 20.0. The summed E-state index contributed by atoms with van der Waals surface area (Å²) >= 11 is 6.01.